The summed E-state index contributed by atoms with van der Waals surface area (Å²) in [5, 5.41) is 3.70. The van der Waals surface area contributed by atoms with Crippen molar-refractivity contribution in [3.05, 3.63) is 30.1 Å². The van der Waals surface area contributed by atoms with Crippen molar-refractivity contribution in [3.8, 4) is 0 Å². The van der Waals surface area contributed by atoms with Crippen LogP contribution < -0.4 is 5.32 Å². The fourth-order valence-electron chi connectivity index (χ4n) is 1.44. The highest BCUT2D eigenvalue weighted by molar-refractivity contribution is 7.99. The van der Waals surface area contributed by atoms with Crippen LogP contribution in [0.3, 0.4) is 0 Å². The van der Waals surface area contributed by atoms with Crippen LogP contribution in [-0.2, 0) is 0 Å². The van der Waals surface area contributed by atoms with Gasteiger partial charge in [0.25, 0.3) is 0 Å². The number of nitrogens with one attached hydrogen (secondary N) is 1. The third-order valence-corrected chi connectivity index (χ3v) is 3.43. The van der Waals surface area contributed by atoms with Crippen LogP contribution in [0.2, 0.25) is 0 Å². The first-order valence-electron chi connectivity index (χ1n) is 5.21. The minimum atomic E-state index is -0.158. The number of hydrogen-bond donors (Lipinski definition) is 1. The quantitative estimate of drug-likeness (QED) is 0.775. The summed E-state index contributed by atoms with van der Waals surface area (Å²) < 4.78 is 12.9. The summed E-state index contributed by atoms with van der Waals surface area (Å²) >= 11 is 1.72. The molecular weight excluding hydrogens is 209 g/mol. The van der Waals surface area contributed by atoms with Gasteiger partial charge in [0.2, 0.25) is 0 Å². The predicted molar refractivity (Wildman–Crippen MR) is 64.9 cm³/mol. The average Bonchev–Trinajstić information content (AvgIpc) is 2.17. The second-order valence-corrected chi connectivity index (χ2v) is 5.32. The van der Waals surface area contributed by atoms with Crippen LogP contribution in [-0.4, -0.2) is 18.3 Å². The zero-order chi connectivity index (χ0) is 11.3. The maximum absolute atomic E-state index is 12.9. The van der Waals surface area contributed by atoms with Crippen LogP contribution in [0.25, 0.3) is 0 Å². The van der Waals surface area contributed by atoms with Gasteiger partial charge in [-0.15, -0.1) is 11.8 Å². The topological polar surface area (TPSA) is 12.0 Å². The summed E-state index contributed by atoms with van der Waals surface area (Å²) in [4.78, 5) is 1.01. The average molecular weight is 227 g/mol. The van der Waals surface area contributed by atoms with Crippen molar-refractivity contribution in [3.63, 3.8) is 0 Å². The number of benzene rings is 1. The molecule has 1 aromatic rings. The Labute approximate surface area is 95.5 Å². The maximum Gasteiger partial charge on any atom is 0.124 e. The van der Waals surface area contributed by atoms with Crippen molar-refractivity contribution in [1.29, 1.82) is 0 Å². The smallest absolute Gasteiger partial charge is 0.124 e. The summed E-state index contributed by atoms with van der Waals surface area (Å²) in [6.07, 6.45) is 1.08. The third kappa shape index (κ3) is 4.67. The molecule has 0 heterocycles. The van der Waals surface area contributed by atoms with Gasteiger partial charge in [0.05, 0.1) is 0 Å². The van der Waals surface area contributed by atoms with Gasteiger partial charge in [0, 0.05) is 16.2 Å². The van der Waals surface area contributed by atoms with Crippen molar-refractivity contribution >= 4 is 11.8 Å². The molecule has 2 unspecified atom stereocenters. The van der Waals surface area contributed by atoms with E-state index in [0.29, 0.717) is 11.3 Å². The zero-order valence-electron chi connectivity index (χ0n) is 9.46. The van der Waals surface area contributed by atoms with E-state index >= 15 is 0 Å². The SMILES string of the molecule is CNC(C)CC(C)Sc1cccc(F)c1. The molecule has 2 atom stereocenters. The van der Waals surface area contributed by atoms with Gasteiger partial charge < -0.3 is 5.32 Å². The zero-order valence-corrected chi connectivity index (χ0v) is 10.3. The molecule has 84 valence electrons. The lowest BCUT2D eigenvalue weighted by Crippen LogP contribution is -2.24. The number of hydrogen-bond acceptors (Lipinski definition) is 2. The van der Waals surface area contributed by atoms with Gasteiger partial charge in [-0.25, -0.2) is 4.39 Å². The molecule has 0 saturated heterocycles. The minimum absolute atomic E-state index is 0.158. The number of rotatable bonds is 5. The molecule has 0 amide bonds. The van der Waals surface area contributed by atoms with Gasteiger partial charge in [-0.05, 0) is 38.6 Å². The summed E-state index contributed by atoms with van der Waals surface area (Å²) in [5.41, 5.74) is 0. The fourth-order valence-corrected chi connectivity index (χ4v) is 2.62. The Kier molecular flexibility index (Phi) is 5.12. The van der Waals surface area contributed by atoms with Gasteiger partial charge in [-0.1, -0.05) is 13.0 Å². The molecular formula is C12H18FNS. The highest BCUT2D eigenvalue weighted by atomic mass is 32.2. The Bertz CT molecular complexity index is 303. The lowest BCUT2D eigenvalue weighted by Gasteiger charge is -2.16. The Morgan fingerprint density at radius 1 is 1.40 bits per heavy atom. The highest BCUT2D eigenvalue weighted by Crippen LogP contribution is 2.26. The second kappa shape index (κ2) is 6.13. The Morgan fingerprint density at radius 2 is 2.13 bits per heavy atom. The van der Waals surface area contributed by atoms with Crippen LogP contribution in [0.5, 0.6) is 0 Å². The van der Waals surface area contributed by atoms with Crippen molar-refractivity contribution in [1.82, 2.24) is 5.32 Å². The molecule has 0 aliphatic heterocycles. The molecule has 0 bridgehead atoms. The van der Waals surface area contributed by atoms with Gasteiger partial charge in [-0.3, -0.25) is 0 Å². The minimum Gasteiger partial charge on any atom is -0.317 e. The molecule has 3 heteroatoms. The van der Waals surface area contributed by atoms with Gasteiger partial charge in [0.15, 0.2) is 0 Å². The number of thioether (sulfide) groups is 1. The summed E-state index contributed by atoms with van der Waals surface area (Å²) in [5.74, 6) is -0.158. The van der Waals surface area contributed by atoms with Crippen LogP contribution in [0.1, 0.15) is 20.3 Å². The molecule has 0 aromatic heterocycles. The summed E-state index contributed by atoms with van der Waals surface area (Å²) in [7, 11) is 1.96. The molecule has 0 aliphatic carbocycles. The van der Waals surface area contributed by atoms with Crippen molar-refractivity contribution < 1.29 is 4.39 Å². The van der Waals surface area contributed by atoms with Crippen LogP contribution in [0.4, 0.5) is 4.39 Å². The van der Waals surface area contributed by atoms with Crippen LogP contribution in [0, 0.1) is 5.82 Å². The lowest BCUT2D eigenvalue weighted by atomic mass is 10.2. The fraction of sp³-hybridized carbons (Fsp3) is 0.500. The molecule has 15 heavy (non-hydrogen) atoms. The first-order chi connectivity index (χ1) is 7.11. The van der Waals surface area contributed by atoms with E-state index in [9.17, 15) is 4.39 Å². The number of halogens is 1. The molecule has 0 radical (unpaired) electrons. The van der Waals surface area contributed by atoms with E-state index in [1.807, 2.05) is 13.1 Å². The summed E-state index contributed by atoms with van der Waals surface area (Å²) in [6, 6.07) is 7.28. The van der Waals surface area contributed by atoms with Gasteiger partial charge in [0.1, 0.15) is 5.82 Å². The van der Waals surface area contributed by atoms with E-state index in [0.717, 1.165) is 11.3 Å². The third-order valence-electron chi connectivity index (χ3n) is 2.31. The first kappa shape index (κ1) is 12.5. The maximum atomic E-state index is 12.9. The molecule has 1 N–H and O–H groups in total. The highest BCUT2D eigenvalue weighted by Gasteiger charge is 2.08. The van der Waals surface area contributed by atoms with E-state index in [2.05, 4.69) is 19.2 Å². The Hall–Kier alpha value is -0.540. The monoisotopic (exact) mass is 227 g/mol. The van der Waals surface area contributed by atoms with Crippen molar-refractivity contribution in [2.45, 2.75) is 36.5 Å². The lowest BCUT2D eigenvalue weighted by molar-refractivity contribution is 0.564. The Morgan fingerprint density at radius 3 is 2.73 bits per heavy atom. The molecule has 0 spiro atoms. The Balaban J connectivity index is 2.47. The first-order valence-corrected chi connectivity index (χ1v) is 6.09. The van der Waals surface area contributed by atoms with E-state index in [1.54, 1.807) is 23.9 Å². The molecule has 1 nitrogen and oxygen atoms in total. The van der Waals surface area contributed by atoms with E-state index in [-0.39, 0.29) is 5.82 Å². The molecule has 0 aliphatic rings. The summed E-state index contributed by atoms with van der Waals surface area (Å²) in [6.45, 7) is 4.33. The van der Waals surface area contributed by atoms with Crippen LogP contribution in [0.15, 0.2) is 29.2 Å². The van der Waals surface area contributed by atoms with Crippen molar-refractivity contribution in [2.24, 2.45) is 0 Å². The van der Waals surface area contributed by atoms with Crippen molar-refractivity contribution in [2.75, 3.05) is 7.05 Å². The van der Waals surface area contributed by atoms with E-state index in [1.165, 1.54) is 6.07 Å². The second-order valence-electron chi connectivity index (χ2n) is 3.81. The predicted octanol–water partition coefficient (Wildman–Crippen LogP) is 3.30. The van der Waals surface area contributed by atoms with Gasteiger partial charge >= 0.3 is 0 Å². The molecule has 0 saturated carbocycles. The van der Waals surface area contributed by atoms with Crippen LogP contribution >= 0.6 is 11.8 Å². The molecule has 1 aromatic carbocycles. The molecule has 0 fully saturated rings. The van der Waals surface area contributed by atoms with E-state index < -0.39 is 0 Å². The largest absolute Gasteiger partial charge is 0.317 e. The molecule has 1 rings (SSSR count). The normalized spacial score (nSPS) is 14.9. The van der Waals surface area contributed by atoms with Gasteiger partial charge in [-0.2, -0.15) is 0 Å². The standard InChI is InChI=1S/C12H18FNS/c1-9(14-3)7-10(2)15-12-6-4-5-11(13)8-12/h4-6,8-10,14H,7H2,1-3H3. The van der Waals surface area contributed by atoms with E-state index in [4.69, 9.17) is 0 Å².